The molecule has 0 bridgehead atoms. The monoisotopic (exact) mass is 580 g/mol. The van der Waals surface area contributed by atoms with E-state index in [-0.39, 0.29) is 24.4 Å². The number of benzene rings is 4. The third-order valence-corrected chi connectivity index (χ3v) is 7.18. The lowest BCUT2D eigenvalue weighted by Gasteiger charge is -2.23. The number of ether oxygens (including phenoxy) is 1. The molecule has 0 heterocycles. The van der Waals surface area contributed by atoms with Crippen molar-refractivity contribution >= 4 is 11.9 Å². The molecule has 4 aromatic rings. The second kappa shape index (κ2) is 15.3. The Hall–Kier alpha value is -5.00. The molecule has 0 aliphatic rings. The Kier molecular flexibility index (Phi) is 11.0. The maximum absolute atomic E-state index is 14.3. The Morgan fingerprint density at radius 1 is 0.814 bits per heavy atom. The van der Waals surface area contributed by atoms with Gasteiger partial charge in [0.05, 0.1) is 17.2 Å². The summed E-state index contributed by atoms with van der Waals surface area (Å²) in [6, 6.07) is 28.5. The fraction of sp³-hybridized carbons (Fsp3) is 0.229. The zero-order valence-electron chi connectivity index (χ0n) is 23.7. The molecule has 4 aromatic carbocycles. The molecule has 0 saturated heterocycles. The predicted molar refractivity (Wildman–Crippen MR) is 161 cm³/mol. The fourth-order valence-corrected chi connectivity index (χ4v) is 4.78. The highest BCUT2D eigenvalue weighted by Gasteiger charge is 2.12. The summed E-state index contributed by atoms with van der Waals surface area (Å²) in [7, 11) is 0. The number of hydrogen-bond acceptors (Lipinski definition) is 5. The molecule has 0 saturated carbocycles. The summed E-state index contributed by atoms with van der Waals surface area (Å²) in [6.45, 7) is 2.07. The summed E-state index contributed by atoms with van der Waals surface area (Å²) in [5.74, 6) is -1.47. The molecule has 0 unspecified atom stereocenters. The van der Waals surface area contributed by atoms with Gasteiger partial charge < -0.3 is 14.9 Å². The van der Waals surface area contributed by atoms with Crippen molar-refractivity contribution in [2.45, 2.75) is 38.8 Å². The summed E-state index contributed by atoms with van der Waals surface area (Å²) in [6.07, 6.45) is 1.89. The third-order valence-electron chi connectivity index (χ3n) is 7.18. The van der Waals surface area contributed by atoms with Gasteiger partial charge in [0.15, 0.2) is 0 Å². The molecule has 0 amide bonds. The first-order chi connectivity index (χ1) is 20.8. The number of carboxylic acids is 2. The molecule has 2 N–H and O–H groups in total. The molecule has 0 aliphatic heterocycles. The lowest BCUT2D eigenvalue weighted by molar-refractivity contribution is -0.137. The highest BCUT2D eigenvalue weighted by molar-refractivity contribution is 5.87. The number of carboxylic acid groups (broad SMARTS) is 2. The van der Waals surface area contributed by atoms with Gasteiger partial charge >= 0.3 is 11.9 Å². The number of rotatable bonds is 15. The van der Waals surface area contributed by atoms with Gasteiger partial charge in [-0.15, -0.1) is 0 Å². The van der Waals surface area contributed by atoms with Gasteiger partial charge in [0.1, 0.15) is 18.2 Å². The SMILES string of the molecule is N#Cc1ccc(-c2ccc(OCc3ccc(F)cc3CCN(CCCCC(=O)O)Cc3ccc(C(=O)O)cc3)cc2)cc1. The van der Waals surface area contributed by atoms with Crippen molar-refractivity contribution in [3.63, 3.8) is 0 Å². The Balaban J connectivity index is 1.40. The smallest absolute Gasteiger partial charge is 0.335 e. The summed E-state index contributed by atoms with van der Waals surface area (Å²) >= 11 is 0. The van der Waals surface area contributed by atoms with Crippen LogP contribution >= 0.6 is 0 Å². The predicted octanol–water partition coefficient (Wildman–Crippen LogP) is 6.94. The Labute approximate surface area is 250 Å². The first-order valence-electron chi connectivity index (χ1n) is 14.1. The van der Waals surface area contributed by atoms with Crippen LogP contribution in [0.4, 0.5) is 4.39 Å². The van der Waals surface area contributed by atoms with Gasteiger partial charge in [-0.25, -0.2) is 9.18 Å². The van der Waals surface area contributed by atoms with E-state index in [0.29, 0.717) is 50.2 Å². The molecule has 4 rings (SSSR count). The number of nitrogens with zero attached hydrogens (tertiary/aromatic N) is 2. The topological polar surface area (TPSA) is 111 Å². The molecule has 0 atom stereocenters. The van der Waals surface area contributed by atoms with Crippen LogP contribution in [0.1, 0.15) is 51.9 Å². The minimum absolute atomic E-state index is 0.0982. The number of aromatic carboxylic acids is 1. The zero-order valence-corrected chi connectivity index (χ0v) is 23.7. The maximum Gasteiger partial charge on any atom is 0.335 e. The van der Waals surface area contributed by atoms with E-state index in [1.165, 1.54) is 12.1 Å². The highest BCUT2D eigenvalue weighted by Crippen LogP contribution is 2.24. The number of halogens is 1. The van der Waals surface area contributed by atoms with Gasteiger partial charge in [-0.1, -0.05) is 42.5 Å². The molecule has 0 radical (unpaired) electrons. The zero-order chi connectivity index (χ0) is 30.6. The maximum atomic E-state index is 14.3. The molecule has 8 heteroatoms. The van der Waals surface area contributed by atoms with Crippen LogP contribution in [0.5, 0.6) is 5.75 Å². The lowest BCUT2D eigenvalue weighted by Crippen LogP contribution is -2.27. The van der Waals surface area contributed by atoms with E-state index in [0.717, 1.165) is 27.8 Å². The lowest BCUT2D eigenvalue weighted by atomic mass is 10.0. The van der Waals surface area contributed by atoms with Crippen molar-refractivity contribution in [2.75, 3.05) is 13.1 Å². The summed E-state index contributed by atoms with van der Waals surface area (Å²) in [5.41, 5.74) is 5.45. The van der Waals surface area contributed by atoms with Gasteiger partial charge in [0.25, 0.3) is 0 Å². The van der Waals surface area contributed by atoms with Crippen LogP contribution in [0.25, 0.3) is 11.1 Å². The fourth-order valence-electron chi connectivity index (χ4n) is 4.78. The van der Waals surface area contributed by atoms with Crippen molar-refractivity contribution in [3.05, 3.63) is 125 Å². The largest absolute Gasteiger partial charge is 0.489 e. The minimum Gasteiger partial charge on any atom is -0.489 e. The number of aliphatic carboxylic acids is 1. The van der Waals surface area contributed by atoms with Crippen molar-refractivity contribution in [1.29, 1.82) is 5.26 Å². The average molecular weight is 581 g/mol. The van der Waals surface area contributed by atoms with Gasteiger partial charge in [-0.05, 0) is 102 Å². The molecule has 0 aliphatic carbocycles. The first kappa shape index (κ1) is 30.9. The van der Waals surface area contributed by atoms with Crippen molar-refractivity contribution in [3.8, 4) is 22.9 Å². The number of hydrogen-bond donors (Lipinski definition) is 2. The number of nitriles is 1. The quantitative estimate of drug-likeness (QED) is 0.147. The molecular formula is C35H33FN2O5. The van der Waals surface area contributed by atoms with Gasteiger partial charge in [-0.2, -0.15) is 5.26 Å². The van der Waals surface area contributed by atoms with E-state index in [4.69, 9.17) is 15.1 Å². The van der Waals surface area contributed by atoms with E-state index >= 15 is 0 Å². The second-order valence-corrected chi connectivity index (χ2v) is 10.3. The molecule has 7 nitrogen and oxygen atoms in total. The Morgan fingerprint density at radius 3 is 2.12 bits per heavy atom. The van der Waals surface area contributed by atoms with E-state index in [2.05, 4.69) is 11.0 Å². The van der Waals surface area contributed by atoms with E-state index in [1.807, 2.05) is 36.4 Å². The standard InChI is InChI=1S/C35H33FN2O5/c36-32-15-12-31(24-43-33-16-13-28(14-17-33)27-8-4-25(22-37)5-9-27)30(21-32)18-20-38(19-2-1-3-34(39)40)23-26-6-10-29(11-7-26)35(41)42/h4-17,21H,1-3,18-20,23-24H2,(H,39,40)(H,41,42). The normalized spacial score (nSPS) is 10.8. The van der Waals surface area contributed by atoms with Crippen molar-refractivity contribution in [1.82, 2.24) is 4.90 Å². The molecule has 0 fully saturated rings. The highest BCUT2D eigenvalue weighted by atomic mass is 19.1. The summed E-state index contributed by atoms with van der Waals surface area (Å²) < 4.78 is 20.3. The Bertz CT molecular complexity index is 1560. The van der Waals surface area contributed by atoms with Crippen LogP contribution in [-0.2, 0) is 24.4 Å². The van der Waals surface area contributed by atoms with Gasteiger partial charge in [-0.3, -0.25) is 9.69 Å². The molecule has 0 aromatic heterocycles. The molecule has 220 valence electrons. The van der Waals surface area contributed by atoms with Crippen LogP contribution in [0.2, 0.25) is 0 Å². The van der Waals surface area contributed by atoms with Gasteiger partial charge in [0, 0.05) is 19.5 Å². The van der Waals surface area contributed by atoms with Crippen LogP contribution < -0.4 is 4.74 Å². The second-order valence-electron chi connectivity index (χ2n) is 10.3. The molecular weight excluding hydrogens is 547 g/mol. The van der Waals surface area contributed by atoms with E-state index < -0.39 is 11.9 Å². The van der Waals surface area contributed by atoms with Crippen molar-refractivity contribution in [2.24, 2.45) is 0 Å². The summed E-state index contributed by atoms with van der Waals surface area (Å²) in [4.78, 5) is 24.3. The number of unbranched alkanes of at least 4 members (excludes halogenated alkanes) is 1. The molecule has 43 heavy (non-hydrogen) atoms. The Morgan fingerprint density at radius 2 is 1.49 bits per heavy atom. The van der Waals surface area contributed by atoms with Crippen molar-refractivity contribution < 1.29 is 28.9 Å². The van der Waals surface area contributed by atoms with Crippen LogP contribution in [-0.4, -0.2) is 40.1 Å². The van der Waals surface area contributed by atoms with Crippen LogP contribution in [0.15, 0.2) is 91.0 Å². The van der Waals surface area contributed by atoms with Crippen LogP contribution in [0, 0.1) is 17.1 Å². The number of carbonyl (C=O) groups is 2. The summed E-state index contributed by atoms with van der Waals surface area (Å²) in [5, 5.41) is 27.2. The molecule has 0 spiro atoms. The van der Waals surface area contributed by atoms with E-state index in [1.54, 1.807) is 42.5 Å². The minimum atomic E-state index is -0.986. The van der Waals surface area contributed by atoms with Crippen LogP contribution in [0.3, 0.4) is 0 Å². The van der Waals surface area contributed by atoms with E-state index in [9.17, 15) is 19.1 Å². The average Bonchev–Trinajstić information content (AvgIpc) is 3.01. The first-order valence-corrected chi connectivity index (χ1v) is 14.1. The third kappa shape index (κ3) is 9.52. The van der Waals surface area contributed by atoms with Gasteiger partial charge in [0.2, 0.25) is 0 Å².